The molecule has 0 amide bonds. The smallest absolute Gasteiger partial charge is 0.200 e. The van der Waals surface area contributed by atoms with Crippen molar-refractivity contribution in [3.63, 3.8) is 0 Å². The van der Waals surface area contributed by atoms with Gasteiger partial charge in [0.05, 0.1) is 5.54 Å². The zero-order valence-corrected chi connectivity index (χ0v) is 8.39. The molecule has 0 spiro atoms. The van der Waals surface area contributed by atoms with E-state index in [4.69, 9.17) is 5.73 Å². The van der Waals surface area contributed by atoms with Gasteiger partial charge in [0, 0.05) is 0 Å². The van der Waals surface area contributed by atoms with Gasteiger partial charge in [-0.25, -0.2) is 4.98 Å². The fourth-order valence-corrected chi connectivity index (χ4v) is 1.28. The molecular formula is C8H12N6. The van der Waals surface area contributed by atoms with Gasteiger partial charge in [-0.1, -0.05) is 0 Å². The number of rotatable bonds is 1. The van der Waals surface area contributed by atoms with Crippen molar-refractivity contribution in [1.29, 1.82) is 0 Å². The zero-order chi connectivity index (χ0) is 10.3. The SMILES string of the molecule is Cc1nc(C(C)(C)N)c2nncn2n1. The monoisotopic (exact) mass is 192 g/mol. The van der Waals surface area contributed by atoms with Crippen LogP contribution in [0.25, 0.3) is 5.65 Å². The van der Waals surface area contributed by atoms with Crippen LogP contribution in [0.1, 0.15) is 25.4 Å². The molecule has 0 unspecified atom stereocenters. The van der Waals surface area contributed by atoms with Crippen molar-refractivity contribution in [3.05, 3.63) is 17.8 Å². The Labute approximate surface area is 81.2 Å². The summed E-state index contributed by atoms with van der Waals surface area (Å²) < 4.78 is 1.59. The minimum atomic E-state index is -0.540. The van der Waals surface area contributed by atoms with E-state index in [0.717, 1.165) is 0 Å². The van der Waals surface area contributed by atoms with Crippen molar-refractivity contribution in [3.8, 4) is 0 Å². The number of fused-ring (bicyclic) bond motifs is 1. The number of aromatic nitrogens is 5. The molecule has 0 aliphatic carbocycles. The first-order valence-corrected chi connectivity index (χ1v) is 4.32. The molecule has 6 heteroatoms. The molecule has 0 aromatic carbocycles. The van der Waals surface area contributed by atoms with Crippen molar-refractivity contribution < 1.29 is 0 Å². The quantitative estimate of drug-likeness (QED) is 0.688. The highest BCUT2D eigenvalue weighted by Crippen LogP contribution is 2.17. The molecule has 2 aromatic rings. The summed E-state index contributed by atoms with van der Waals surface area (Å²) in [6.07, 6.45) is 1.54. The minimum absolute atomic E-state index is 0.540. The molecule has 2 aromatic heterocycles. The molecule has 2 rings (SSSR count). The first-order chi connectivity index (χ1) is 6.48. The zero-order valence-electron chi connectivity index (χ0n) is 8.39. The normalized spacial score (nSPS) is 12.3. The van der Waals surface area contributed by atoms with E-state index >= 15 is 0 Å². The van der Waals surface area contributed by atoms with Gasteiger partial charge in [-0.15, -0.1) is 10.2 Å². The summed E-state index contributed by atoms with van der Waals surface area (Å²) in [4.78, 5) is 4.29. The molecule has 2 N–H and O–H groups in total. The van der Waals surface area contributed by atoms with Crippen LogP contribution in [-0.2, 0) is 5.54 Å². The molecule has 74 valence electrons. The first kappa shape index (κ1) is 9.01. The van der Waals surface area contributed by atoms with Gasteiger partial charge in [-0.05, 0) is 20.8 Å². The maximum atomic E-state index is 5.98. The van der Waals surface area contributed by atoms with E-state index in [1.54, 1.807) is 10.8 Å². The van der Waals surface area contributed by atoms with Crippen molar-refractivity contribution >= 4 is 5.65 Å². The van der Waals surface area contributed by atoms with Gasteiger partial charge >= 0.3 is 0 Å². The third-order valence-corrected chi connectivity index (χ3v) is 1.88. The third-order valence-electron chi connectivity index (χ3n) is 1.88. The Morgan fingerprint density at radius 2 is 2.14 bits per heavy atom. The van der Waals surface area contributed by atoms with Crippen LogP contribution < -0.4 is 5.73 Å². The number of aryl methyl sites for hydroxylation is 1. The van der Waals surface area contributed by atoms with Gasteiger partial charge in [0.1, 0.15) is 17.8 Å². The molecule has 0 atom stereocenters. The average Bonchev–Trinajstić information content (AvgIpc) is 2.47. The molecule has 0 saturated heterocycles. The van der Waals surface area contributed by atoms with E-state index in [1.165, 1.54) is 0 Å². The van der Waals surface area contributed by atoms with Crippen LogP contribution in [0.2, 0.25) is 0 Å². The Kier molecular flexibility index (Phi) is 1.75. The topological polar surface area (TPSA) is 82.0 Å². The Hall–Kier alpha value is -1.56. The molecule has 2 heterocycles. The Bertz CT molecular complexity index is 466. The molecule has 14 heavy (non-hydrogen) atoms. The first-order valence-electron chi connectivity index (χ1n) is 4.32. The summed E-state index contributed by atoms with van der Waals surface area (Å²) in [5.41, 5.74) is 6.76. The van der Waals surface area contributed by atoms with Crippen LogP contribution in [0.15, 0.2) is 6.33 Å². The van der Waals surface area contributed by atoms with E-state index < -0.39 is 5.54 Å². The summed E-state index contributed by atoms with van der Waals surface area (Å²) >= 11 is 0. The second-order valence-corrected chi connectivity index (χ2v) is 3.83. The number of hydrogen-bond donors (Lipinski definition) is 1. The second kappa shape index (κ2) is 2.71. The van der Waals surface area contributed by atoms with Crippen LogP contribution in [-0.4, -0.2) is 24.8 Å². The lowest BCUT2D eigenvalue weighted by Crippen LogP contribution is -2.31. The molecule has 6 nitrogen and oxygen atoms in total. The maximum absolute atomic E-state index is 5.98. The number of hydrogen-bond acceptors (Lipinski definition) is 5. The average molecular weight is 192 g/mol. The van der Waals surface area contributed by atoms with E-state index in [9.17, 15) is 0 Å². The molecule has 0 aliphatic heterocycles. The summed E-state index contributed by atoms with van der Waals surface area (Å²) in [7, 11) is 0. The molecule has 0 fully saturated rings. The Morgan fingerprint density at radius 3 is 2.79 bits per heavy atom. The predicted octanol–water partition coefficient (Wildman–Crippen LogP) is 0.0215. The van der Waals surface area contributed by atoms with E-state index in [2.05, 4.69) is 20.3 Å². The van der Waals surface area contributed by atoms with Gasteiger partial charge in [0.2, 0.25) is 5.65 Å². The summed E-state index contributed by atoms with van der Waals surface area (Å²) in [6.45, 7) is 5.57. The number of nitrogens with two attached hydrogens (primary N) is 1. The van der Waals surface area contributed by atoms with E-state index in [0.29, 0.717) is 17.2 Å². The molecule has 0 saturated carbocycles. The highest BCUT2D eigenvalue weighted by atomic mass is 15.4. The van der Waals surface area contributed by atoms with Crippen molar-refractivity contribution in [2.75, 3.05) is 0 Å². The van der Waals surface area contributed by atoms with Gasteiger partial charge < -0.3 is 5.73 Å². The van der Waals surface area contributed by atoms with Crippen LogP contribution in [0.5, 0.6) is 0 Å². The Balaban J connectivity index is 2.80. The number of nitrogens with zero attached hydrogens (tertiary/aromatic N) is 5. The molecular weight excluding hydrogens is 180 g/mol. The fourth-order valence-electron chi connectivity index (χ4n) is 1.28. The third kappa shape index (κ3) is 1.33. The van der Waals surface area contributed by atoms with Crippen LogP contribution >= 0.6 is 0 Å². The highest BCUT2D eigenvalue weighted by molar-refractivity contribution is 5.44. The van der Waals surface area contributed by atoms with Crippen molar-refractivity contribution in [2.45, 2.75) is 26.3 Å². The van der Waals surface area contributed by atoms with Crippen LogP contribution in [0.3, 0.4) is 0 Å². The second-order valence-electron chi connectivity index (χ2n) is 3.83. The largest absolute Gasteiger partial charge is 0.320 e. The molecule has 0 aliphatic rings. The molecule has 0 bridgehead atoms. The lowest BCUT2D eigenvalue weighted by molar-refractivity contribution is 0.529. The Morgan fingerprint density at radius 1 is 1.43 bits per heavy atom. The fraction of sp³-hybridized carbons (Fsp3) is 0.500. The standard InChI is InChI=1S/C8H12N6/c1-5-11-6(8(2,3)9)7-12-10-4-14(7)13-5/h4H,9H2,1-3H3. The summed E-state index contributed by atoms with van der Waals surface area (Å²) in [5.74, 6) is 0.658. The van der Waals surface area contributed by atoms with Crippen LogP contribution in [0, 0.1) is 6.92 Å². The van der Waals surface area contributed by atoms with E-state index in [1.807, 2.05) is 20.8 Å². The lowest BCUT2D eigenvalue weighted by Gasteiger charge is -2.17. The summed E-state index contributed by atoms with van der Waals surface area (Å²) in [5, 5.41) is 11.8. The molecule has 0 radical (unpaired) electrons. The van der Waals surface area contributed by atoms with Crippen LogP contribution in [0.4, 0.5) is 0 Å². The van der Waals surface area contributed by atoms with Gasteiger partial charge in [0.25, 0.3) is 0 Å². The van der Waals surface area contributed by atoms with Crippen molar-refractivity contribution in [2.24, 2.45) is 5.73 Å². The van der Waals surface area contributed by atoms with Crippen molar-refractivity contribution in [1.82, 2.24) is 24.8 Å². The van der Waals surface area contributed by atoms with Gasteiger partial charge in [0.15, 0.2) is 0 Å². The predicted molar refractivity (Wildman–Crippen MR) is 50.5 cm³/mol. The lowest BCUT2D eigenvalue weighted by atomic mass is 10.0. The highest BCUT2D eigenvalue weighted by Gasteiger charge is 2.22. The van der Waals surface area contributed by atoms with Gasteiger partial charge in [-0.3, -0.25) is 0 Å². The minimum Gasteiger partial charge on any atom is -0.320 e. The van der Waals surface area contributed by atoms with Gasteiger partial charge in [-0.2, -0.15) is 9.61 Å². The summed E-state index contributed by atoms with van der Waals surface area (Å²) in [6, 6.07) is 0. The maximum Gasteiger partial charge on any atom is 0.200 e. The van der Waals surface area contributed by atoms with E-state index in [-0.39, 0.29) is 0 Å².